The van der Waals surface area contributed by atoms with Gasteiger partial charge in [0, 0.05) is 35.9 Å². The minimum atomic E-state index is -0.441. The molecule has 164 valence electrons. The van der Waals surface area contributed by atoms with Crippen molar-refractivity contribution in [3.05, 3.63) is 53.4 Å². The minimum Gasteiger partial charge on any atom is -0.396 e. The second-order valence-corrected chi connectivity index (χ2v) is 8.39. The van der Waals surface area contributed by atoms with Crippen LogP contribution in [0.15, 0.2) is 35.1 Å². The Morgan fingerprint density at radius 3 is 2.91 bits per heavy atom. The fourth-order valence-corrected chi connectivity index (χ4v) is 3.51. The molecule has 1 aliphatic carbocycles. The van der Waals surface area contributed by atoms with Crippen LogP contribution in [0.3, 0.4) is 0 Å². The number of rotatable bonds is 7. The number of pyridine rings is 1. The first-order valence-electron chi connectivity index (χ1n) is 10.5. The molecule has 4 aromatic rings. The van der Waals surface area contributed by atoms with Gasteiger partial charge in [-0.15, -0.1) is 0 Å². The molecule has 1 fully saturated rings. The van der Waals surface area contributed by atoms with Crippen molar-refractivity contribution in [2.24, 2.45) is 0 Å². The predicted octanol–water partition coefficient (Wildman–Crippen LogP) is 2.48. The molecule has 0 saturated heterocycles. The van der Waals surface area contributed by atoms with E-state index in [0.717, 1.165) is 24.1 Å². The Kier molecular flexibility index (Phi) is 4.93. The molecule has 5 rings (SSSR count). The van der Waals surface area contributed by atoms with Gasteiger partial charge in [0.1, 0.15) is 17.7 Å². The molecule has 0 aromatic carbocycles. The first-order valence-corrected chi connectivity index (χ1v) is 10.5. The number of nitrogens with one attached hydrogen (secondary N) is 2. The normalized spacial score (nSPS) is 15.6. The van der Waals surface area contributed by atoms with Gasteiger partial charge >= 0.3 is 0 Å². The average Bonchev–Trinajstić information content (AvgIpc) is 3.19. The molecular formula is C22H23N7O3. The zero-order chi connectivity index (χ0) is 22.3. The number of hydrogen-bond donors (Lipinski definition) is 3. The number of fused-ring (bicyclic) bond motifs is 1. The lowest BCUT2D eigenvalue weighted by Gasteiger charge is -2.10. The van der Waals surface area contributed by atoms with Gasteiger partial charge in [0.25, 0.3) is 5.91 Å². The summed E-state index contributed by atoms with van der Waals surface area (Å²) in [5.74, 6) is 0.673. The smallest absolute Gasteiger partial charge is 0.270 e. The fourth-order valence-electron chi connectivity index (χ4n) is 3.51. The maximum Gasteiger partial charge on any atom is 0.270 e. The Labute approximate surface area is 183 Å². The Hall–Kier alpha value is -3.66. The SMILES string of the molecule is C[C@@H](NC(=O)c1cc(CCO)ncn1)c1cc(-c2nc3nc(C4(C)CC4)ccc3[nH]2)no1. The van der Waals surface area contributed by atoms with Crippen molar-refractivity contribution in [1.82, 2.24) is 35.4 Å². The average molecular weight is 433 g/mol. The van der Waals surface area contributed by atoms with Gasteiger partial charge in [-0.2, -0.15) is 0 Å². The molecule has 0 bridgehead atoms. The highest BCUT2D eigenvalue weighted by atomic mass is 16.5. The molecule has 3 N–H and O–H groups in total. The molecule has 4 aromatic heterocycles. The third-order valence-electron chi connectivity index (χ3n) is 5.83. The molecule has 32 heavy (non-hydrogen) atoms. The maximum absolute atomic E-state index is 12.5. The van der Waals surface area contributed by atoms with E-state index in [2.05, 4.69) is 37.3 Å². The van der Waals surface area contributed by atoms with E-state index in [4.69, 9.17) is 14.6 Å². The minimum absolute atomic E-state index is 0.0484. The fraction of sp³-hybridized carbons (Fsp3) is 0.364. The standard InChI is InChI=1S/C22H23N7O3/c1-12(25-21(31)16-9-13(5-8-30)23-11-24-16)17-10-15(29-32-17)20-26-14-3-4-18(22(2)6-7-22)27-19(14)28-20/h3-4,9-12,30H,5-8H2,1-2H3,(H,25,31)(H,26,27,28)/t12-/m1/s1. The molecule has 1 aliphatic rings. The van der Waals surface area contributed by atoms with E-state index in [1.807, 2.05) is 12.1 Å². The first-order chi connectivity index (χ1) is 15.4. The number of imidazole rings is 1. The van der Waals surface area contributed by atoms with Crippen LogP contribution in [0.25, 0.3) is 22.7 Å². The largest absolute Gasteiger partial charge is 0.396 e. The van der Waals surface area contributed by atoms with Crippen molar-refractivity contribution in [3.63, 3.8) is 0 Å². The molecule has 1 amide bonds. The second kappa shape index (κ2) is 7.79. The highest BCUT2D eigenvalue weighted by Gasteiger charge is 2.40. The molecule has 0 spiro atoms. The van der Waals surface area contributed by atoms with E-state index >= 15 is 0 Å². The van der Waals surface area contributed by atoms with Crippen LogP contribution in [0, 0.1) is 0 Å². The number of aliphatic hydroxyl groups excluding tert-OH is 1. The summed E-state index contributed by atoms with van der Waals surface area (Å²) in [4.78, 5) is 33.1. The number of aliphatic hydroxyl groups is 1. The monoisotopic (exact) mass is 433 g/mol. The number of H-pyrrole nitrogens is 1. The van der Waals surface area contributed by atoms with Crippen molar-refractivity contribution in [1.29, 1.82) is 0 Å². The predicted molar refractivity (Wildman–Crippen MR) is 115 cm³/mol. The van der Waals surface area contributed by atoms with Crippen LogP contribution in [-0.4, -0.2) is 47.7 Å². The van der Waals surface area contributed by atoms with Crippen LogP contribution < -0.4 is 5.32 Å². The molecule has 0 radical (unpaired) electrons. The van der Waals surface area contributed by atoms with E-state index in [9.17, 15) is 4.79 Å². The summed E-state index contributed by atoms with van der Waals surface area (Å²) in [5.41, 5.74) is 4.07. The highest BCUT2D eigenvalue weighted by Crippen LogP contribution is 2.46. The zero-order valence-corrected chi connectivity index (χ0v) is 17.8. The number of hydrogen-bond acceptors (Lipinski definition) is 8. The van der Waals surface area contributed by atoms with E-state index in [1.165, 1.54) is 6.33 Å². The van der Waals surface area contributed by atoms with Crippen LogP contribution in [0.4, 0.5) is 0 Å². The van der Waals surface area contributed by atoms with Gasteiger partial charge in [-0.1, -0.05) is 12.1 Å². The van der Waals surface area contributed by atoms with Crippen LogP contribution in [0.2, 0.25) is 0 Å². The number of aromatic amines is 1. The zero-order valence-electron chi connectivity index (χ0n) is 17.8. The molecule has 10 heteroatoms. The van der Waals surface area contributed by atoms with Crippen LogP contribution >= 0.6 is 0 Å². The van der Waals surface area contributed by atoms with Gasteiger partial charge < -0.3 is 19.9 Å². The van der Waals surface area contributed by atoms with Crippen molar-refractivity contribution in [2.75, 3.05) is 6.61 Å². The Balaban J connectivity index is 1.32. The van der Waals surface area contributed by atoms with Gasteiger partial charge in [-0.05, 0) is 38.0 Å². The topological polar surface area (TPSA) is 143 Å². The third-order valence-corrected chi connectivity index (χ3v) is 5.83. The quantitative estimate of drug-likeness (QED) is 0.403. The Bertz CT molecular complexity index is 1290. The van der Waals surface area contributed by atoms with Gasteiger partial charge in [0.05, 0.1) is 11.6 Å². The summed E-state index contributed by atoms with van der Waals surface area (Å²) in [7, 11) is 0. The Morgan fingerprint density at radius 2 is 2.12 bits per heavy atom. The number of aromatic nitrogens is 6. The van der Waals surface area contributed by atoms with Gasteiger partial charge in [-0.3, -0.25) is 4.79 Å². The number of carbonyl (C=O) groups is 1. The second-order valence-electron chi connectivity index (χ2n) is 8.39. The van der Waals surface area contributed by atoms with E-state index in [0.29, 0.717) is 35.0 Å². The lowest BCUT2D eigenvalue weighted by molar-refractivity contribution is 0.0928. The molecule has 0 aliphatic heterocycles. The maximum atomic E-state index is 12.5. The molecule has 1 atom stereocenters. The summed E-state index contributed by atoms with van der Waals surface area (Å²) in [6.07, 6.45) is 3.96. The lowest BCUT2D eigenvalue weighted by Crippen LogP contribution is -2.27. The van der Waals surface area contributed by atoms with E-state index in [-0.39, 0.29) is 23.6 Å². The third kappa shape index (κ3) is 3.84. The summed E-state index contributed by atoms with van der Waals surface area (Å²) >= 11 is 0. The number of nitrogens with zero attached hydrogens (tertiary/aromatic N) is 5. The van der Waals surface area contributed by atoms with Gasteiger partial charge in [0.15, 0.2) is 17.2 Å². The van der Waals surface area contributed by atoms with E-state index < -0.39 is 6.04 Å². The number of amides is 1. The lowest BCUT2D eigenvalue weighted by atomic mass is 10.1. The van der Waals surface area contributed by atoms with E-state index in [1.54, 1.807) is 19.1 Å². The number of carbonyl (C=O) groups excluding carboxylic acids is 1. The summed E-state index contributed by atoms with van der Waals surface area (Å²) in [5, 5.41) is 16.0. The van der Waals surface area contributed by atoms with Crippen molar-refractivity contribution < 1.29 is 14.4 Å². The van der Waals surface area contributed by atoms with Crippen LogP contribution in [-0.2, 0) is 11.8 Å². The molecular weight excluding hydrogens is 410 g/mol. The summed E-state index contributed by atoms with van der Waals surface area (Å²) in [6.45, 7) is 3.96. The van der Waals surface area contributed by atoms with Crippen LogP contribution in [0.5, 0.6) is 0 Å². The summed E-state index contributed by atoms with van der Waals surface area (Å²) in [6, 6.07) is 6.89. The Morgan fingerprint density at radius 1 is 1.28 bits per heavy atom. The summed E-state index contributed by atoms with van der Waals surface area (Å²) < 4.78 is 5.45. The first kappa shape index (κ1) is 20.3. The van der Waals surface area contributed by atoms with Crippen molar-refractivity contribution in [3.8, 4) is 11.5 Å². The van der Waals surface area contributed by atoms with Gasteiger partial charge in [-0.25, -0.2) is 19.9 Å². The molecule has 4 heterocycles. The molecule has 1 saturated carbocycles. The van der Waals surface area contributed by atoms with Crippen molar-refractivity contribution in [2.45, 2.75) is 44.6 Å². The highest BCUT2D eigenvalue weighted by molar-refractivity contribution is 5.92. The molecule has 10 nitrogen and oxygen atoms in total. The molecule has 0 unspecified atom stereocenters. The van der Waals surface area contributed by atoms with Gasteiger partial charge in [0.2, 0.25) is 0 Å². The van der Waals surface area contributed by atoms with Crippen LogP contribution in [0.1, 0.15) is 60.4 Å². The van der Waals surface area contributed by atoms with Crippen molar-refractivity contribution >= 4 is 17.1 Å².